The number of aryl methyl sites for hydroxylation is 1. The molecule has 2 saturated heterocycles. The average molecular weight is 610 g/mol. The van der Waals surface area contributed by atoms with Crippen molar-refractivity contribution in [2.75, 3.05) is 32.8 Å². The van der Waals surface area contributed by atoms with E-state index in [0.29, 0.717) is 30.3 Å². The predicted octanol–water partition coefficient (Wildman–Crippen LogP) is 5.99. The van der Waals surface area contributed by atoms with Gasteiger partial charge in [0.15, 0.2) is 0 Å². The third kappa shape index (κ3) is 7.71. The van der Waals surface area contributed by atoms with Crippen LogP contribution in [0, 0.1) is 41.9 Å². The van der Waals surface area contributed by atoms with Crippen LogP contribution in [-0.2, 0) is 20.9 Å². The topological polar surface area (TPSA) is 83.1 Å². The number of hydrogen-bond acceptors (Lipinski definition) is 6. The molecule has 7 heteroatoms. The van der Waals surface area contributed by atoms with Crippen molar-refractivity contribution in [2.24, 2.45) is 35.0 Å². The van der Waals surface area contributed by atoms with Crippen LogP contribution < -0.4 is 10.6 Å². The van der Waals surface area contributed by atoms with Crippen LogP contribution in [0.1, 0.15) is 95.6 Å². The number of ether oxygens (including phenoxy) is 2. The number of nitrogens with one attached hydrogen (secondary N) is 2. The molecule has 2 aliphatic heterocycles. The van der Waals surface area contributed by atoms with Crippen LogP contribution in [0.25, 0.3) is 0 Å². The normalized spacial score (nSPS) is 38.5. The molecule has 0 bridgehead atoms. The fourth-order valence-corrected chi connectivity index (χ4v) is 9.56. The van der Waals surface area contributed by atoms with Crippen LogP contribution in [0.2, 0.25) is 0 Å². The van der Waals surface area contributed by atoms with Crippen LogP contribution in [0.3, 0.4) is 0 Å². The number of nitrogens with zero attached hydrogens (tertiary/aromatic N) is 1. The molecule has 246 valence electrons. The summed E-state index contributed by atoms with van der Waals surface area (Å²) in [7, 11) is 0. The van der Waals surface area contributed by atoms with Crippen molar-refractivity contribution in [3.8, 4) is 0 Å². The van der Waals surface area contributed by atoms with E-state index in [1.54, 1.807) is 0 Å². The van der Waals surface area contributed by atoms with E-state index < -0.39 is 11.4 Å². The van der Waals surface area contributed by atoms with E-state index in [0.717, 1.165) is 75.7 Å². The van der Waals surface area contributed by atoms with E-state index >= 15 is 0 Å². The molecule has 3 aliphatic carbocycles. The number of aliphatic carboxylic acids is 1. The summed E-state index contributed by atoms with van der Waals surface area (Å²) in [5, 5.41) is 17.5. The fourth-order valence-electron chi connectivity index (χ4n) is 9.56. The molecule has 5 fully saturated rings. The third-order valence-electron chi connectivity index (χ3n) is 12.5. The summed E-state index contributed by atoms with van der Waals surface area (Å²) in [4.78, 5) is 14.1. The summed E-state index contributed by atoms with van der Waals surface area (Å²) in [5.74, 6) is 2.98. The zero-order chi connectivity index (χ0) is 30.7. The first kappa shape index (κ1) is 32.4. The third-order valence-corrected chi connectivity index (χ3v) is 12.5. The van der Waals surface area contributed by atoms with Gasteiger partial charge in [-0.15, -0.1) is 0 Å². The van der Waals surface area contributed by atoms with Crippen molar-refractivity contribution in [2.45, 2.75) is 122 Å². The first-order chi connectivity index (χ1) is 21.3. The molecular formula is C37H59N3O4. The highest BCUT2D eigenvalue weighted by molar-refractivity contribution is 5.74. The lowest BCUT2D eigenvalue weighted by molar-refractivity contribution is -0.150. The molecule has 7 nitrogen and oxygen atoms in total. The number of benzene rings is 1. The fraction of sp³-hybridized carbons (Fsp3) is 0.811. The quantitative estimate of drug-likeness (QED) is 0.281. The number of hydrogen-bond donors (Lipinski definition) is 3. The van der Waals surface area contributed by atoms with Gasteiger partial charge >= 0.3 is 5.97 Å². The number of carboxylic acids is 1. The Kier molecular flexibility index (Phi) is 10.7. The molecular weight excluding hydrogens is 550 g/mol. The molecule has 0 radical (unpaired) electrons. The molecule has 1 aromatic rings. The Morgan fingerprint density at radius 1 is 0.932 bits per heavy atom. The molecule has 5 aliphatic rings. The molecule has 2 heterocycles. The Bertz CT molecular complexity index is 1070. The Morgan fingerprint density at radius 3 is 2.36 bits per heavy atom. The van der Waals surface area contributed by atoms with Crippen molar-refractivity contribution in [3.05, 3.63) is 35.4 Å². The molecule has 3 N–H and O–H groups in total. The van der Waals surface area contributed by atoms with Gasteiger partial charge in [-0.3, -0.25) is 15.4 Å². The van der Waals surface area contributed by atoms with Gasteiger partial charge in [0.05, 0.1) is 30.9 Å². The van der Waals surface area contributed by atoms with Gasteiger partial charge in [0, 0.05) is 25.2 Å². The van der Waals surface area contributed by atoms with Gasteiger partial charge in [-0.25, -0.2) is 0 Å². The standard InChI is InChI=1S/C37H59N3O4/c1-25-4-6-27(7-5-25)24-44-31-9-11-32-30(22-31)8-10-33-34(38-26(2)39-35(32)33)29-14-18-40(19-15-29)20-21-43-23-28-12-16-37(3,17-13-28)36(41)42/h4-7,26,28-35,38-39H,8-24H2,1-3H3,(H,41,42). The van der Waals surface area contributed by atoms with E-state index in [9.17, 15) is 9.90 Å². The van der Waals surface area contributed by atoms with Crippen LogP contribution in [0.5, 0.6) is 0 Å². The molecule has 3 saturated carbocycles. The number of fused-ring (bicyclic) bond motifs is 3. The summed E-state index contributed by atoms with van der Waals surface area (Å²) < 4.78 is 12.6. The van der Waals surface area contributed by atoms with Crippen molar-refractivity contribution in [1.82, 2.24) is 15.5 Å². The first-order valence-electron chi connectivity index (χ1n) is 18.0. The second kappa shape index (κ2) is 14.5. The summed E-state index contributed by atoms with van der Waals surface area (Å²) in [6, 6.07) is 10.1. The van der Waals surface area contributed by atoms with Gasteiger partial charge < -0.3 is 19.5 Å². The van der Waals surface area contributed by atoms with E-state index in [2.05, 4.69) is 53.6 Å². The molecule has 7 unspecified atom stereocenters. The molecule has 7 atom stereocenters. The Balaban J connectivity index is 0.918. The Hall–Kier alpha value is -1.51. The van der Waals surface area contributed by atoms with Gasteiger partial charge in [0.25, 0.3) is 0 Å². The monoisotopic (exact) mass is 609 g/mol. The lowest BCUT2D eigenvalue weighted by atomic mass is 9.60. The summed E-state index contributed by atoms with van der Waals surface area (Å²) >= 11 is 0. The van der Waals surface area contributed by atoms with E-state index in [1.165, 1.54) is 69.2 Å². The summed E-state index contributed by atoms with van der Waals surface area (Å²) in [6.45, 7) is 12.1. The second-order valence-corrected chi connectivity index (χ2v) is 15.6. The smallest absolute Gasteiger partial charge is 0.309 e. The number of carboxylic acid groups (broad SMARTS) is 1. The van der Waals surface area contributed by atoms with Crippen molar-refractivity contribution in [3.63, 3.8) is 0 Å². The molecule has 0 spiro atoms. The largest absolute Gasteiger partial charge is 0.481 e. The highest BCUT2D eigenvalue weighted by Crippen LogP contribution is 2.47. The molecule has 0 aromatic heterocycles. The molecule has 6 rings (SSSR count). The lowest BCUT2D eigenvalue weighted by Gasteiger charge is -2.55. The summed E-state index contributed by atoms with van der Waals surface area (Å²) in [5.41, 5.74) is 2.07. The first-order valence-corrected chi connectivity index (χ1v) is 18.0. The van der Waals surface area contributed by atoms with Gasteiger partial charge in [-0.05, 0) is 140 Å². The second-order valence-electron chi connectivity index (χ2n) is 15.6. The summed E-state index contributed by atoms with van der Waals surface area (Å²) in [6.07, 6.45) is 13.3. The average Bonchev–Trinajstić information content (AvgIpc) is 3.03. The van der Waals surface area contributed by atoms with E-state index in [4.69, 9.17) is 9.47 Å². The van der Waals surface area contributed by atoms with Gasteiger partial charge in [-0.2, -0.15) is 0 Å². The van der Waals surface area contributed by atoms with Crippen molar-refractivity contribution >= 4 is 5.97 Å². The van der Waals surface area contributed by atoms with Crippen molar-refractivity contribution < 1.29 is 19.4 Å². The van der Waals surface area contributed by atoms with Crippen LogP contribution in [0.15, 0.2) is 24.3 Å². The van der Waals surface area contributed by atoms with Gasteiger partial charge in [-0.1, -0.05) is 29.8 Å². The van der Waals surface area contributed by atoms with E-state index in [-0.39, 0.29) is 0 Å². The SMILES string of the molecule is Cc1ccc(COC2CCC3C(CCC4C(C5CCN(CCOCC6CCC(C)(C(=O)O)CC6)CC5)NC(C)NC34)C2)cc1. The predicted molar refractivity (Wildman–Crippen MR) is 174 cm³/mol. The van der Waals surface area contributed by atoms with Crippen LogP contribution >= 0.6 is 0 Å². The van der Waals surface area contributed by atoms with Gasteiger partial charge in [0.2, 0.25) is 0 Å². The number of rotatable bonds is 10. The molecule has 44 heavy (non-hydrogen) atoms. The maximum absolute atomic E-state index is 11.5. The highest BCUT2D eigenvalue weighted by Gasteiger charge is 2.49. The van der Waals surface area contributed by atoms with Gasteiger partial charge in [0.1, 0.15) is 0 Å². The minimum absolute atomic E-state index is 0.384. The number of likely N-dealkylation sites (tertiary alicyclic amines) is 1. The Labute approximate surface area is 266 Å². The Morgan fingerprint density at radius 2 is 1.64 bits per heavy atom. The maximum Gasteiger partial charge on any atom is 0.309 e. The lowest BCUT2D eigenvalue weighted by Crippen LogP contribution is -2.68. The van der Waals surface area contributed by atoms with Crippen molar-refractivity contribution in [1.29, 1.82) is 0 Å². The zero-order valence-electron chi connectivity index (χ0n) is 27.6. The maximum atomic E-state index is 11.5. The minimum Gasteiger partial charge on any atom is -0.481 e. The molecule has 1 aromatic carbocycles. The molecule has 0 amide bonds. The zero-order valence-corrected chi connectivity index (χ0v) is 27.6. The van der Waals surface area contributed by atoms with Crippen LogP contribution in [-0.4, -0.2) is 73.2 Å². The number of carbonyl (C=O) groups is 1. The number of piperidine rings is 1. The highest BCUT2D eigenvalue weighted by atomic mass is 16.5. The van der Waals surface area contributed by atoms with Crippen LogP contribution in [0.4, 0.5) is 0 Å². The van der Waals surface area contributed by atoms with E-state index in [1.807, 2.05) is 6.92 Å². The minimum atomic E-state index is -0.639.